The van der Waals surface area contributed by atoms with Gasteiger partial charge in [0, 0.05) is 38.9 Å². The number of benzene rings is 4. The molecule has 0 heterocycles. The average molecular weight is 827 g/mol. The number of hydrogen-bond donors (Lipinski definition) is 3. The number of aromatic hydroxyl groups is 2. The summed E-state index contributed by atoms with van der Waals surface area (Å²) in [6.07, 6.45) is 20.5. The van der Waals surface area contributed by atoms with Crippen LogP contribution in [0, 0.1) is 0 Å². The standard InChI is InChI=1S/C26H36N2.C22H33NO2.Pd/c1-6-11-12-26(28-25-16-14-21(8-3)23(10-5)18-25)19-27-24-15-13-20(7-2)22(9-4)17-24;1-3-5-7-8-9-10-14-23-20-13-12-17-15-21(24)22(25)16-19(17)18(20)11-6-4-2;/h13-19H,6-12H2,1-5H3;12-13,15-16,23-25H,3-11,14H2,1-2H3;. The van der Waals surface area contributed by atoms with E-state index in [-0.39, 0.29) is 31.9 Å². The van der Waals surface area contributed by atoms with Gasteiger partial charge in [0.05, 0.1) is 17.1 Å². The summed E-state index contributed by atoms with van der Waals surface area (Å²) >= 11 is 0. The molecule has 0 bridgehead atoms. The number of nitrogens with one attached hydrogen (secondary N) is 1. The summed E-state index contributed by atoms with van der Waals surface area (Å²) in [5.41, 5.74) is 11.2. The molecule has 54 heavy (non-hydrogen) atoms. The molecule has 0 aromatic heterocycles. The number of unbranched alkanes of at least 4 members (excludes halogenated alkanes) is 7. The second-order valence-electron chi connectivity index (χ2n) is 14.2. The van der Waals surface area contributed by atoms with E-state index in [1.165, 1.54) is 72.0 Å². The van der Waals surface area contributed by atoms with Gasteiger partial charge in [-0.3, -0.25) is 9.98 Å². The third-order valence-corrected chi connectivity index (χ3v) is 10.2. The van der Waals surface area contributed by atoms with Gasteiger partial charge in [-0.2, -0.15) is 0 Å². The van der Waals surface area contributed by atoms with Crippen LogP contribution in [0.4, 0.5) is 17.1 Å². The van der Waals surface area contributed by atoms with Crippen molar-refractivity contribution < 1.29 is 30.6 Å². The Bertz CT molecular complexity index is 1750. The van der Waals surface area contributed by atoms with Gasteiger partial charge in [-0.25, -0.2) is 0 Å². The largest absolute Gasteiger partial charge is 0.504 e. The average Bonchev–Trinajstić information content (AvgIpc) is 3.18. The van der Waals surface area contributed by atoms with Gasteiger partial charge in [-0.1, -0.05) is 112 Å². The molecule has 6 heteroatoms. The number of hydrogen-bond acceptors (Lipinski definition) is 5. The molecule has 0 fully saturated rings. The van der Waals surface area contributed by atoms with Crippen LogP contribution in [-0.4, -0.2) is 28.7 Å². The summed E-state index contributed by atoms with van der Waals surface area (Å²) in [6, 6.07) is 20.6. The van der Waals surface area contributed by atoms with E-state index in [9.17, 15) is 10.2 Å². The maximum absolute atomic E-state index is 9.90. The number of anilines is 1. The molecule has 4 aromatic rings. The van der Waals surface area contributed by atoms with Crippen molar-refractivity contribution in [3.63, 3.8) is 0 Å². The minimum Gasteiger partial charge on any atom is -0.504 e. The number of rotatable bonds is 21. The van der Waals surface area contributed by atoms with E-state index >= 15 is 0 Å². The molecule has 298 valence electrons. The first-order valence-corrected chi connectivity index (χ1v) is 20.9. The summed E-state index contributed by atoms with van der Waals surface area (Å²) in [4.78, 5) is 9.70. The molecule has 0 atom stereocenters. The Balaban J connectivity index is 0.000000369. The fourth-order valence-corrected chi connectivity index (χ4v) is 6.87. The molecular weight excluding hydrogens is 757 g/mol. The number of nitrogens with zero attached hydrogens (tertiary/aromatic N) is 2. The quantitative estimate of drug-likeness (QED) is 0.0339. The Kier molecular flexibility index (Phi) is 22.8. The molecule has 0 radical (unpaired) electrons. The van der Waals surface area contributed by atoms with Crippen molar-refractivity contribution in [2.75, 3.05) is 11.9 Å². The molecule has 0 aliphatic heterocycles. The normalized spacial score (nSPS) is 11.4. The van der Waals surface area contributed by atoms with Crippen LogP contribution >= 0.6 is 0 Å². The Morgan fingerprint density at radius 1 is 0.593 bits per heavy atom. The Morgan fingerprint density at radius 3 is 1.80 bits per heavy atom. The zero-order valence-corrected chi connectivity index (χ0v) is 36.0. The summed E-state index contributed by atoms with van der Waals surface area (Å²) in [7, 11) is 0. The molecule has 0 saturated heterocycles. The van der Waals surface area contributed by atoms with Gasteiger partial charge in [-0.05, 0) is 139 Å². The summed E-state index contributed by atoms with van der Waals surface area (Å²) < 4.78 is 0. The summed E-state index contributed by atoms with van der Waals surface area (Å²) in [6.45, 7) is 16.5. The second kappa shape index (κ2) is 26.4. The zero-order chi connectivity index (χ0) is 38.4. The smallest absolute Gasteiger partial charge is 0.158 e. The number of phenolic OH excluding ortho intramolecular Hbond substituents is 2. The molecule has 5 nitrogen and oxygen atoms in total. The van der Waals surface area contributed by atoms with E-state index in [0.29, 0.717) is 0 Å². The van der Waals surface area contributed by atoms with Crippen LogP contribution in [0.1, 0.15) is 147 Å². The van der Waals surface area contributed by atoms with E-state index < -0.39 is 0 Å². The van der Waals surface area contributed by atoms with Crippen molar-refractivity contribution in [2.45, 2.75) is 151 Å². The Hall–Kier alpha value is -3.46. The van der Waals surface area contributed by atoms with E-state index in [1.54, 1.807) is 12.1 Å². The van der Waals surface area contributed by atoms with Gasteiger partial charge in [0.15, 0.2) is 11.5 Å². The van der Waals surface area contributed by atoms with Gasteiger partial charge >= 0.3 is 0 Å². The summed E-state index contributed by atoms with van der Waals surface area (Å²) in [5, 5.41) is 25.3. The molecule has 4 aromatic carbocycles. The van der Waals surface area contributed by atoms with Crippen LogP contribution in [0.15, 0.2) is 70.6 Å². The van der Waals surface area contributed by atoms with Crippen molar-refractivity contribution in [2.24, 2.45) is 9.98 Å². The third kappa shape index (κ3) is 15.0. The second-order valence-corrected chi connectivity index (χ2v) is 14.2. The molecule has 0 aliphatic carbocycles. The van der Waals surface area contributed by atoms with Gasteiger partial charge in [0.25, 0.3) is 0 Å². The maximum atomic E-state index is 9.90. The van der Waals surface area contributed by atoms with Crippen LogP contribution in [-0.2, 0) is 52.5 Å². The predicted molar refractivity (Wildman–Crippen MR) is 233 cm³/mol. The molecule has 0 saturated carbocycles. The SMILES string of the molecule is CCCCC(C=Nc1ccc(CC)c(CC)c1)=Nc1ccc(CC)c(CC)c1.CCCCCCCCNc1ccc2cc(O)c(O)cc2c1CCCC.[Pd]. The van der Waals surface area contributed by atoms with E-state index in [1.807, 2.05) is 12.3 Å². The maximum Gasteiger partial charge on any atom is 0.158 e. The molecule has 0 amide bonds. The molecular formula is C48H69N3O2Pd. The minimum atomic E-state index is -0.0540. The predicted octanol–water partition coefficient (Wildman–Crippen LogP) is 14.0. The molecule has 3 N–H and O–H groups in total. The van der Waals surface area contributed by atoms with Gasteiger partial charge in [0.2, 0.25) is 0 Å². The van der Waals surface area contributed by atoms with E-state index in [4.69, 9.17) is 9.98 Å². The van der Waals surface area contributed by atoms with Crippen LogP contribution in [0.2, 0.25) is 0 Å². The van der Waals surface area contributed by atoms with Crippen LogP contribution in [0.3, 0.4) is 0 Å². The van der Waals surface area contributed by atoms with E-state index in [2.05, 4.69) is 96.2 Å². The molecule has 0 aliphatic rings. The van der Waals surface area contributed by atoms with Crippen molar-refractivity contribution in [1.29, 1.82) is 0 Å². The zero-order valence-electron chi connectivity index (χ0n) is 34.5. The fourth-order valence-electron chi connectivity index (χ4n) is 6.87. The third-order valence-electron chi connectivity index (χ3n) is 10.2. The number of aliphatic imine (C=N–C) groups is 2. The Labute approximate surface area is 341 Å². The van der Waals surface area contributed by atoms with Crippen molar-refractivity contribution >= 4 is 39.8 Å². The number of fused-ring (bicyclic) bond motifs is 1. The number of aryl methyl sites for hydroxylation is 5. The van der Waals surface area contributed by atoms with Crippen molar-refractivity contribution in [3.8, 4) is 11.5 Å². The summed E-state index contributed by atoms with van der Waals surface area (Å²) in [5.74, 6) is -0.0972. The number of phenols is 2. The monoisotopic (exact) mass is 825 g/mol. The first-order chi connectivity index (χ1) is 25.8. The van der Waals surface area contributed by atoms with Crippen molar-refractivity contribution in [1.82, 2.24) is 0 Å². The first kappa shape index (κ1) is 46.7. The Morgan fingerprint density at radius 2 is 1.17 bits per heavy atom. The molecule has 4 rings (SSSR count). The van der Waals surface area contributed by atoms with Crippen LogP contribution in [0.25, 0.3) is 10.8 Å². The first-order valence-electron chi connectivity index (χ1n) is 20.9. The van der Waals surface area contributed by atoms with Gasteiger partial charge < -0.3 is 15.5 Å². The molecule has 0 spiro atoms. The van der Waals surface area contributed by atoms with E-state index in [0.717, 1.165) is 98.6 Å². The van der Waals surface area contributed by atoms with Gasteiger partial charge in [-0.15, -0.1) is 0 Å². The minimum absolute atomic E-state index is 0. The molecule has 0 unspecified atom stereocenters. The van der Waals surface area contributed by atoms with Gasteiger partial charge in [0.1, 0.15) is 0 Å². The van der Waals surface area contributed by atoms with Crippen LogP contribution < -0.4 is 5.32 Å². The van der Waals surface area contributed by atoms with Crippen molar-refractivity contribution in [3.05, 3.63) is 88.5 Å². The van der Waals surface area contributed by atoms with Crippen LogP contribution in [0.5, 0.6) is 11.5 Å². The fraction of sp³-hybridized carbons (Fsp3) is 0.500. The topological polar surface area (TPSA) is 77.2 Å².